The number of likely N-dealkylation sites (tertiary alicyclic amines) is 1. The van der Waals surface area contributed by atoms with E-state index in [4.69, 9.17) is 4.42 Å². The molecule has 0 radical (unpaired) electrons. The summed E-state index contributed by atoms with van der Waals surface area (Å²) in [7, 11) is 0. The van der Waals surface area contributed by atoms with E-state index in [2.05, 4.69) is 20.8 Å². The van der Waals surface area contributed by atoms with Crippen molar-refractivity contribution in [3.8, 4) is 11.5 Å². The Morgan fingerprint density at radius 1 is 1.03 bits per heavy atom. The fourth-order valence-electron chi connectivity index (χ4n) is 4.42. The summed E-state index contributed by atoms with van der Waals surface area (Å²) in [4.78, 5) is 38.5. The van der Waals surface area contributed by atoms with Crippen LogP contribution in [0.1, 0.15) is 53.1 Å². The van der Waals surface area contributed by atoms with Gasteiger partial charge in [-0.25, -0.2) is 4.79 Å². The largest absolute Gasteiger partial charge is 0.420 e. The second kappa shape index (κ2) is 8.40. The first-order valence-electron chi connectivity index (χ1n) is 11.3. The maximum Gasteiger partial charge on any atom is 0.322 e. The third kappa shape index (κ3) is 3.93. The number of benzene rings is 2. The monoisotopic (exact) mass is 459 g/mol. The molecule has 34 heavy (non-hydrogen) atoms. The van der Waals surface area contributed by atoms with Crippen molar-refractivity contribution >= 4 is 17.8 Å². The van der Waals surface area contributed by atoms with Gasteiger partial charge in [0, 0.05) is 30.1 Å². The molecule has 0 unspecified atom stereocenters. The first kappa shape index (κ1) is 21.8. The maximum atomic E-state index is 13.0. The number of nitrogens with zero attached hydrogens (tertiary/aromatic N) is 3. The van der Waals surface area contributed by atoms with Crippen LogP contribution in [0.25, 0.3) is 11.5 Å². The quantitative estimate of drug-likeness (QED) is 0.579. The SMILES string of the molecule is Cc1ccc(-c2nnc(C3CCN(C(=O)c4ccc([C@@]5(C)NC(=O)NC5=O)cc4)CC3)o2)cc1. The van der Waals surface area contributed by atoms with Crippen LogP contribution < -0.4 is 10.6 Å². The van der Waals surface area contributed by atoms with Crippen molar-refractivity contribution in [1.29, 1.82) is 0 Å². The molecule has 0 bridgehead atoms. The van der Waals surface area contributed by atoms with E-state index in [0.717, 1.165) is 18.4 Å². The van der Waals surface area contributed by atoms with Crippen LogP contribution in [0.2, 0.25) is 0 Å². The zero-order valence-corrected chi connectivity index (χ0v) is 19.0. The fraction of sp³-hybridized carbons (Fsp3) is 0.320. The molecule has 3 heterocycles. The third-order valence-electron chi connectivity index (χ3n) is 6.62. The van der Waals surface area contributed by atoms with E-state index in [1.807, 2.05) is 36.1 Å². The van der Waals surface area contributed by atoms with Gasteiger partial charge >= 0.3 is 6.03 Å². The van der Waals surface area contributed by atoms with Gasteiger partial charge in [-0.2, -0.15) is 0 Å². The highest BCUT2D eigenvalue weighted by Crippen LogP contribution is 2.30. The number of carbonyl (C=O) groups is 3. The topological polar surface area (TPSA) is 117 Å². The Bertz CT molecular complexity index is 1240. The predicted octanol–water partition coefficient (Wildman–Crippen LogP) is 3.12. The zero-order chi connectivity index (χ0) is 23.9. The molecule has 1 aromatic heterocycles. The highest BCUT2D eigenvalue weighted by Gasteiger charge is 2.43. The van der Waals surface area contributed by atoms with E-state index in [1.165, 1.54) is 5.56 Å². The van der Waals surface area contributed by atoms with Crippen LogP contribution in [0.5, 0.6) is 0 Å². The Labute approximate surface area is 196 Å². The van der Waals surface area contributed by atoms with Crippen LogP contribution in [0, 0.1) is 6.92 Å². The highest BCUT2D eigenvalue weighted by molar-refractivity contribution is 6.07. The first-order valence-corrected chi connectivity index (χ1v) is 11.3. The molecule has 1 atom stereocenters. The van der Waals surface area contributed by atoms with Gasteiger partial charge in [-0.15, -0.1) is 10.2 Å². The molecule has 174 valence electrons. The molecule has 2 saturated heterocycles. The number of aryl methyl sites for hydroxylation is 1. The van der Waals surface area contributed by atoms with Gasteiger partial charge in [0.15, 0.2) is 0 Å². The molecule has 5 rings (SSSR count). The van der Waals surface area contributed by atoms with Crippen LogP contribution >= 0.6 is 0 Å². The molecule has 2 aliphatic rings. The molecular weight excluding hydrogens is 434 g/mol. The molecular formula is C25H25N5O4. The summed E-state index contributed by atoms with van der Waals surface area (Å²) in [5.74, 6) is 0.750. The Balaban J connectivity index is 1.21. The Morgan fingerprint density at radius 3 is 2.32 bits per heavy atom. The number of hydrogen-bond donors (Lipinski definition) is 2. The van der Waals surface area contributed by atoms with Gasteiger partial charge in [0.25, 0.3) is 11.8 Å². The van der Waals surface area contributed by atoms with Gasteiger partial charge in [-0.3, -0.25) is 14.9 Å². The summed E-state index contributed by atoms with van der Waals surface area (Å²) in [6.07, 6.45) is 1.48. The molecule has 2 fully saturated rings. The van der Waals surface area contributed by atoms with Crippen molar-refractivity contribution in [2.75, 3.05) is 13.1 Å². The molecule has 2 N–H and O–H groups in total. The van der Waals surface area contributed by atoms with Crippen molar-refractivity contribution in [2.45, 2.75) is 38.1 Å². The number of aromatic nitrogens is 2. The molecule has 4 amide bonds. The smallest absolute Gasteiger partial charge is 0.322 e. The van der Waals surface area contributed by atoms with E-state index in [0.29, 0.717) is 36.0 Å². The second-order valence-electron chi connectivity index (χ2n) is 8.99. The van der Waals surface area contributed by atoms with E-state index in [-0.39, 0.29) is 11.8 Å². The maximum absolute atomic E-state index is 13.0. The van der Waals surface area contributed by atoms with Gasteiger partial charge in [-0.1, -0.05) is 29.8 Å². The van der Waals surface area contributed by atoms with Crippen LogP contribution in [0.15, 0.2) is 52.9 Å². The number of urea groups is 1. The van der Waals surface area contributed by atoms with Crippen LogP contribution in [-0.4, -0.2) is 46.0 Å². The summed E-state index contributed by atoms with van der Waals surface area (Å²) in [5.41, 5.74) is 2.07. The number of rotatable bonds is 4. The van der Waals surface area contributed by atoms with Crippen molar-refractivity contribution in [1.82, 2.24) is 25.7 Å². The number of hydrogen-bond acceptors (Lipinski definition) is 6. The van der Waals surface area contributed by atoms with Crippen molar-refractivity contribution in [3.63, 3.8) is 0 Å². The lowest BCUT2D eigenvalue weighted by molar-refractivity contribution is -0.123. The molecule has 9 nitrogen and oxygen atoms in total. The van der Waals surface area contributed by atoms with Gasteiger partial charge < -0.3 is 14.6 Å². The highest BCUT2D eigenvalue weighted by atomic mass is 16.4. The molecule has 2 aliphatic heterocycles. The lowest BCUT2D eigenvalue weighted by Crippen LogP contribution is -2.40. The minimum Gasteiger partial charge on any atom is -0.420 e. The zero-order valence-electron chi connectivity index (χ0n) is 19.0. The normalized spacial score (nSPS) is 20.8. The van der Waals surface area contributed by atoms with Gasteiger partial charge in [-0.05, 0) is 56.5 Å². The number of amides is 4. The second-order valence-corrected chi connectivity index (χ2v) is 8.99. The number of carbonyl (C=O) groups excluding carboxylic acids is 3. The average Bonchev–Trinajstić information content (AvgIpc) is 3.44. The summed E-state index contributed by atoms with van der Waals surface area (Å²) in [6, 6.07) is 14.2. The Kier molecular flexibility index (Phi) is 5.39. The molecule has 0 saturated carbocycles. The minimum absolute atomic E-state index is 0.0686. The van der Waals surface area contributed by atoms with E-state index < -0.39 is 17.5 Å². The first-order chi connectivity index (χ1) is 16.3. The van der Waals surface area contributed by atoms with Crippen molar-refractivity contribution < 1.29 is 18.8 Å². The lowest BCUT2D eigenvalue weighted by Gasteiger charge is -2.30. The van der Waals surface area contributed by atoms with E-state index in [9.17, 15) is 14.4 Å². The van der Waals surface area contributed by atoms with Gasteiger partial charge in [0.1, 0.15) is 5.54 Å². The summed E-state index contributed by atoms with van der Waals surface area (Å²) < 4.78 is 5.93. The van der Waals surface area contributed by atoms with Crippen molar-refractivity contribution in [2.24, 2.45) is 0 Å². The standard InChI is InChI=1S/C25H25N5O4/c1-15-3-5-16(6-4-15)20-28-29-21(34-20)17-11-13-30(14-12-17)22(31)18-7-9-19(10-8-18)25(2)23(32)26-24(33)27-25/h3-10,17H,11-14H2,1-2H3,(H2,26,27,32,33)/t25-/m1/s1. The number of nitrogens with one attached hydrogen (secondary N) is 2. The van der Waals surface area contributed by atoms with E-state index in [1.54, 1.807) is 31.2 Å². The number of imide groups is 1. The van der Waals surface area contributed by atoms with Gasteiger partial charge in [0.05, 0.1) is 0 Å². The van der Waals surface area contributed by atoms with Crippen LogP contribution in [-0.2, 0) is 10.3 Å². The molecule has 0 aliphatic carbocycles. The van der Waals surface area contributed by atoms with E-state index >= 15 is 0 Å². The average molecular weight is 460 g/mol. The molecule has 3 aromatic rings. The summed E-state index contributed by atoms with van der Waals surface area (Å²) in [5, 5.41) is 13.3. The van der Waals surface area contributed by atoms with Gasteiger partial charge in [0.2, 0.25) is 11.8 Å². The summed E-state index contributed by atoms with van der Waals surface area (Å²) >= 11 is 0. The number of piperidine rings is 1. The van der Waals surface area contributed by atoms with Crippen LogP contribution in [0.3, 0.4) is 0 Å². The molecule has 9 heteroatoms. The fourth-order valence-corrected chi connectivity index (χ4v) is 4.42. The Morgan fingerprint density at radius 2 is 1.71 bits per heavy atom. The predicted molar refractivity (Wildman–Crippen MR) is 123 cm³/mol. The third-order valence-corrected chi connectivity index (χ3v) is 6.62. The Hall–Kier alpha value is -4.01. The lowest BCUT2D eigenvalue weighted by atomic mass is 9.91. The minimum atomic E-state index is -1.14. The molecule has 2 aromatic carbocycles. The van der Waals surface area contributed by atoms with Crippen molar-refractivity contribution in [3.05, 3.63) is 71.1 Å². The molecule has 0 spiro atoms. The summed E-state index contributed by atoms with van der Waals surface area (Å²) in [6.45, 7) is 4.84. The van der Waals surface area contributed by atoms with Crippen LogP contribution in [0.4, 0.5) is 4.79 Å².